The summed E-state index contributed by atoms with van der Waals surface area (Å²) in [5, 5.41) is 15.0. The first kappa shape index (κ1) is 18.7. The van der Waals surface area contributed by atoms with Crippen LogP contribution in [0.15, 0.2) is 48.5 Å². The third kappa shape index (κ3) is 5.45. The molecule has 0 saturated heterocycles. The van der Waals surface area contributed by atoms with Crippen molar-refractivity contribution in [1.82, 2.24) is 5.32 Å². The van der Waals surface area contributed by atoms with Crippen LogP contribution in [-0.4, -0.2) is 30.6 Å². The van der Waals surface area contributed by atoms with Crippen molar-refractivity contribution in [3.63, 3.8) is 0 Å². The molecule has 8 nitrogen and oxygen atoms in total. The van der Waals surface area contributed by atoms with Crippen LogP contribution in [-0.2, 0) is 4.79 Å². The monoisotopic (exact) mass is 353 g/mol. The van der Waals surface area contributed by atoms with Crippen LogP contribution >= 0.6 is 0 Å². The Labute approximate surface area is 150 Å². The van der Waals surface area contributed by atoms with Crippen molar-refractivity contribution in [2.45, 2.75) is 6.42 Å². The Morgan fingerprint density at radius 2 is 1.62 bits per heavy atom. The molecule has 2 rings (SSSR count). The third-order valence-electron chi connectivity index (χ3n) is 3.41. The summed E-state index contributed by atoms with van der Waals surface area (Å²) in [6, 6.07) is 13.0. The van der Waals surface area contributed by atoms with E-state index in [1.165, 1.54) is 0 Å². The van der Waals surface area contributed by atoms with Crippen LogP contribution in [0.5, 0.6) is 0 Å². The van der Waals surface area contributed by atoms with Gasteiger partial charge in [-0.2, -0.15) is 0 Å². The molecule has 0 radical (unpaired) electrons. The average molecular weight is 353 g/mol. The molecule has 26 heavy (non-hydrogen) atoms. The van der Waals surface area contributed by atoms with E-state index >= 15 is 0 Å². The van der Waals surface area contributed by atoms with E-state index < -0.39 is 0 Å². The van der Waals surface area contributed by atoms with Gasteiger partial charge in [0.1, 0.15) is 0 Å². The van der Waals surface area contributed by atoms with Crippen LogP contribution in [0.3, 0.4) is 0 Å². The SMILES string of the molecule is N=C(N)CCNC(=O)c1cccc(NC(=O)c2cccc(NC=O)c2)c1. The summed E-state index contributed by atoms with van der Waals surface area (Å²) in [5.41, 5.74) is 6.95. The second kappa shape index (κ2) is 8.97. The zero-order valence-corrected chi connectivity index (χ0v) is 13.9. The van der Waals surface area contributed by atoms with Gasteiger partial charge < -0.3 is 21.7 Å². The van der Waals surface area contributed by atoms with Gasteiger partial charge in [0.15, 0.2) is 0 Å². The molecule has 0 saturated carbocycles. The number of rotatable bonds is 8. The first-order valence-electron chi connectivity index (χ1n) is 7.82. The molecule has 134 valence electrons. The molecule has 0 fully saturated rings. The van der Waals surface area contributed by atoms with Gasteiger partial charge in [-0.25, -0.2) is 0 Å². The topological polar surface area (TPSA) is 137 Å². The van der Waals surface area contributed by atoms with Gasteiger partial charge in [-0.3, -0.25) is 19.8 Å². The Morgan fingerprint density at radius 3 is 2.27 bits per heavy atom. The van der Waals surface area contributed by atoms with Crippen LogP contribution in [0.25, 0.3) is 0 Å². The number of hydrogen-bond acceptors (Lipinski definition) is 4. The molecule has 0 aliphatic carbocycles. The lowest BCUT2D eigenvalue weighted by Gasteiger charge is -2.09. The van der Waals surface area contributed by atoms with Gasteiger partial charge in [-0.15, -0.1) is 0 Å². The zero-order chi connectivity index (χ0) is 18.9. The largest absolute Gasteiger partial charge is 0.388 e. The number of anilines is 2. The minimum atomic E-state index is -0.367. The molecular formula is C18H19N5O3. The summed E-state index contributed by atoms with van der Waals surface area (Å²) in [7, 11) is 0. The predicted octanol–water partition coefficient (Wildman–Crippen LogP) is 1.56. The maximum atomic E-state index is 12.3. The molecule has 8 heteroatoms. The van der Waals surface area contributed by atoms with Gasteiger partial charge in [0.25, 0.3) is 11.8 Å². The highest BCUT2D eigenvalue weighted by Gasteiger charge is 2.10. The Bertz CT molecular complexity index is 835. The summed E-state index contributed by atoms with van der Waals surface area (Å²) >= 11 is 0. The van der Waals surface area contributed by atoms with Crippen molar-refractivity contribution in [2.24, 2.45) is 5.73 Å². The van der Waals surface area contributed by atoms with Gasteiger partial charge in [-0.05, 0) is 36.4 Å². The number of carbonyl (C=O) groups is 3. The number of nitrogens with one attached hydrogen (secondary N) is 4. The summed E-state index contributed by atoms with van der Waals surface area (Å²) in [6.45, 7) is 0.265. The average Bonchev–Trinajstić information content (AvgIpc) is 2.62. The summed E-state index contributed by atoms with van der Waals surface area (Å²) in [5.74, 6) is -0.689. The first-order chi connectivity index (χ1) is 12.5. The highest BCUT2D eigenvalue weighted by atomic mass is 16.2. The molecule has 0 spiro atoms. The van der Waals surface area contributed by atoms with Crippen molar-refractivity contribution < 1.29 is 14.4 Å². The van der Waals surface area contributed by atoms with Crippen molar-refractivity contribution in [3.05, 3.63) is 59.7 Å². The molecule has 0 heterocycles. The highest BCUT2D eigenvalue weighted by molar-refractivity contribution is 6.05. The normalized spacial score (nSPS) is 9.85. The van der Waals surface area contributed by atoms with Crippen LogP contribution in [0.4, 0.5) is 11.4 Å². The molecule has 3 amide bonds. The van der Waals surface area contributed by atoms with Crippen LogP contribution < -0.4 is 21.7 Å². The maximum absolute atomic E-state index is 12.3. The molecule has 2 aromatic carbocycles. The smallest absolute Gasteiger partial charge is 0.255 e. The number of hydrogen-bond donors (Lipinski definition) is 5. The summed E-state index contributed by atoms with van der Waals surface area (Å²) in [6.07, 6.45) is 0.804. The van der Waals surface area contributed by atoms with Gasteiger partial charge in [0.05, 0.1) is 5.84 Å². The van der Waals surface area contributed by atoms with Crippen molar-refractivity contribution in [3.8, 4) is 0 Å². The Balaban J connectivity index is 2.04. The van der Waals surface area contributed by atoms with Gasteiger partial charge in [0.2, 0.25) is 6.41 Å². The molecule has 2 aromatic rings. The van der Waals surface area contributed by atoms with E-state index in [-0.39, 0.29) is 30.6 Å². The zero-order valence-electron chi connectivity index (χ0n) is 13.9. The first-order valence-corrected chi connectivity index (χ1v) is 7.82. The second-order valence-corrected chi connectivity index (χ2v) is 5.41. The quantitative estimate of drug-likeness (QED) is 0.279. The molecule has 0 atom stereocenters. The van der Waals surface area contributed by atoms with Crippen LogP contribution in [0.1, 0.15) is 27.1 Å². The fraction of sp³-hybridized carbons (Fsp3) is 0.111. The van der Waals surface area contributed by atoms with Gasteiger partial charge in [0, 0.05) is 35.5 Å². The molecule has 6 N–H and O–H groups in total. The number of nitrogens with two attached hydrogens (primary N) is 1. The standard InChI is InChI=1S/C18H19N5O3/c19-16(20)7-8-21-17(25)12-3-2-6-15(10-12)23-18(26)13-4-1-5-14(9-13)22-11-24/h1-6,9-11H,7-8H2,(H3,19,20)(H,21,25)(H,22,24)(H,23,26). The van der Waals surface area contributed by atoms with E-state index in [0.717, 1.165) is 0 Å². The number of amidine groups is 1. The van der Waals surface area contributed by atoms with E-state index in [4.69, 9.17) is 11.1 Å². The van der Waals surface area contributed by atoms with E-state index in [0.29, 0.717) is 28.9 Å². The van der Waals surface area contributed by atoms with E-state index in [9.17, 15) is 14.4 Å². The third-order valence-corrected chi connectivity index (χ3v) is 3.41. The minimum absolute atomic E-state index is 0.00221. The van der Waals surface area contributed by atoms with E-state index in [2.05, 4.69) is 16.0 Å². The Morgan fingerprint density at radius 1 is 1.00 bits per heavy atom. The lowest BCUT2D eigenvalue weighted by atomic mass is 10.1. The fourth-order valence-corrected chi connectivity index (χ4v) is 2.17. The Kier molecular flexibility index (Phi) is 6.44. The lowest BCUT2D eigenvalue weighted by molar-refractivity contribution is -0.105. The summed E-state index contributed by atoms with van der Waals surface area (Å²) < 4.78 is 0. The number of amides is 3. The van der Waals surface area contributed by atoms with Crippen molar-refractivity contribution >= 4 is 35.4 Å². The fourth-order valence-electron chi connectivity index (χ4n) is 2.17. The summed E-state index contributed by atoms with van der Waals surface area (Å²) in [4.78, 5) is 34.9. The van der Waals surface area contributed by atoms with E-state index in [1.807, 2.05) is 0 Å². The maximum Gasteiger partial charge on any atom is 0.255 e. The molecule has 0 bridgehead atoms. The minimum Gasteiger partial charge on any atom is -0.388 e. The van der Waals surface area contributed by atoms with Crippen LogP contribution in [0.2, 0.25) is 0 Å². The highest BCUT2D eigenvalue weighted by Crippen LogP contribution is 2.15. The second-order valence-electron chi connectivity index (χ2n) is 5.41. The van der Waals surface area contributed by atoms with Gasteiger partial charge in [-0.1, -0.05) is 12.1 Å². The van der Waals surface area contributed by atoms with Crippen molar-refractivity contribution in [2.75, 3.05) is 17.2 Å². The molecule has 0 unspecified atom stereocenters. The van der Waals surface area contributed by atoms with Crippen LogP contribution in [0, 0.1) is 5.41 Å². The lowest BCUT2D eigenvalue weighted by Crippen LogP contribution is -2.27. The van der Waals surface area contributed by atoms with Crippen molar-refractivity contribution in [1.29, 1.82) is 5.41 Å². The van der Waals surface area contributed by atoms with Gasteiger partial charge >= 0.3 is 0 Å². The molecular weight excluding hydrogens is 334 g/mol. The molecule has 0 aliphatic heterocycles. The molecule has 0 aromatic heterocycles. The number of carbonyl (C=O) groups excluding carboxylic acids is 3. The Hall–Kier alpha value is -3.68. The van der Waals surface area contributed by atoms with E-state index in [1.54, 1.807) is 48.5 Å². The predicted molar refractivity (Wildman–Crippen MR) is 99.4 cm³/mol. The number of benzene rings is 2. The molecule has 0 aliphatic rings.